The van der Waals surface area contributed by atoms with Crippen molar-refractivity contribution in [3.05, 3.63) is 60.7 Å². The number of aliphatic hydroxyl groups is 1. The molecule has 0 unspecified atom stereocenters. The Hall–Kier alpha value is -1.99. The topological polar surface area (TPSA) is 65.0 Å². The van der Waals surface area contributed by atoms with Crippen molar-refractivity contribution in [1.82, 2.24) is 0 Å². The SMILES string of the molecule is COC(=O)CCCCCCCCCCCOC[C@@H](O)CO[Si](c1ccccc1)(c1ccccc1)C(C)(C)C. The van der Waals surface area contributed by atoms with E-state index in [1.807, 2.05) is 12.1 Å². The smallest absolute Gasteiger partial charge is 0.305 e. The molecule has 0 radical (unpaired) electrons. The molecule has 0 aliphatic carbocycles. The molecule has 6 heteroatoms. The average molecular weight is 543 g/mol. The molecule has 0 heterocycles. The van der Waals surface area contributed by atoms with Crippen molar-refractivity contribution in [2.45, 2.75) is 96.1 Å². The van der Waals surface area contributed by atoms with Gasteiger partial charge in [0, 0.05) is 13.0 Å². The number of aliphatic hydroxyl groups excluding tert-OH is 1. The zero-order valence-electron chi connectivity index (χ0n) is 24.1. The Labute approximate surface area is 232 Å². The summed E-state index contributed by atoms with van der Waals surface area (Å²) < 4.78 is 17.3. The number of hydrogen-bond acceptors (Lipinski definition) is 5. The van der Waals surface area contributed by atoms with E-state index in [9.17, 15) is 9.90 Å². The second-order valence-electron chi connectivity index (χ2n) is 11.2. The number of carbonyl (C=O) groups excluding carboxylic acids is 1. The molecule has 2 aromatic carbocycles. The van der Waals surface area contributed by atoms with Gasteiger partial charge in [0.1, 0.15) is 0 Å². The maximum Gasteiger partial charge on any atom is 0.305 e. The highest BCUT2D eigenvalue weighted by Crippen LogP contribution is 2.36. The fraction of sp³-hybridized carbons (Fsp3) is 0.594. The molecule has 0 bridgehead atoms. The molecule has 0 saturated heterocycles. The summed E-state index contributed by atoms with van der Waals surface area (Å²) in [6.45, 7) is 7.95. The van der Waals surface area contributed by atoms with Gasteiger partial charge in [-0.2, -0.15) is 0 Å². The number of methoxy groups -OCH3 is 1. The number of rotatable bonds is 19. The molecular formula is C32H50O5Si. The van der Waals surface area contributed by atoms with E-state index in [1.54, 1.807) is 0 Å². The fourth-order valence-electron chi connectivity index (χ4n) is 5.06. The van der Waals surface area contributed by atoms with E-state index in [1.165, 1.54) is 49.6 Å². The second kappa shape index (κ2) is 17.6. The maximum absolute atomic E-state index is 11.1. The molecular weight excluding hydrogens is 492 g/mol. The molecule has 38 heavy (non-hydrogen) atoms. The minimum Gasteiger partial charge on any atom is -0.469 e. The lowest BCUT2D eigenvalue weighted by Crippen LogP contribution is -2.67. The molecule has 0 spiro atoms. The maximum atomic E-state index is 11.1. The Morgan fingerprint density at radius 1 is 0.763 bits per heavy atom. The number of hydrogen-bond donors (Lipinski definition) is 1. The van der Waals surface area contributed by atoms with Crippen LogP contribution in [0.15, 0.2) is 60.7 Å². The van der Waals surface area contributed by atoms with E-state index in [0.717, 1.165) is 25.7 Å². The van der Waals surface area contributed by atoms with Crippen LogP contribution in [0.1, 0.15) is 85.0 Å². The van der Waals surface area contributed by atoms with E-state index in [0.29, 0.717) is 19.6 Å². The summed E-state index contributed by atoms with van der Waals surface area (Å²) in [6, 6.07) is 21.0. The van der Waals surface area contributed by atoms with Crippen LogP contribution >= 0.6 is 0 Å². The van der Waals surface area contributed by atoms with Gasteiger partial charge in [-0.1, -0.05) is 126 Å². The van der Waals surface area contributed by atoms with Crippen molar-refractivity contribution in [3.63, 3.8) is 0 Å². The van der Waals surface area contributed by atoms with Crippen LogP contribution in [0, 0.1) is 0 Å². The lowest BCUT2D eigenvalue weighted by molar-refractivity contribution is -0.140. The van der Waals surface area contributed by atoms with E-state index in [4.69, 9.17) is 9.16 Å². The first-order valence-electron chi connectivity index (χ1n) is 14.4. The monoisotopic (exact) mass is 542 g/mol. The van der Waals surface area contributed by atoms with Crippen LogP contribution in [0.4, 0.5) is 0 Å². The van der Waals surface area contributed by atoms with Crippen LogP contribution in [0.5, 0.6) is 0 Å². The lowest BCUT2D eigenvalue weighted by Gasteiger charge is -2.43. The summed E-state index contributed by atoms with van der Waals surface area (Å²) in [4.78, 5) is 11.1. The summed E-state index contributed by atoms with van der Waals surface area (Å²) in [5, 5.41) is 13.0. The van der Waals surface area contributed by atoms with Gasteiger partial charge in [0.15, 0.2) is 0 Å². The van der Waals surface area contributed by atoms with Crippen molar-refractivity contribution < 1.29 is 23.8 Å². The summed E-state index contributed by atoms with van der Waals surface area (Å²) in [5.74, 6) is -0.105. The van der Waals surface area contributed by atoms with Crippen molar-refractivity contribution >= 4 is 24.7 Å². The quantitative estimate of drug-likeness (QED) is 0.134. The average Bonchev–Trinajstić information content (AvgIpc) is 2.92. The van der Waals surface area contributed by atoms with E-state index >= 15 is 0 Å². The predicted molar refractivity (Wildman–Crippen MR) is 159 cm³/mol. The van der Waals surface area contributed by atoms with Gasteiger partial charge in [-0.05, 0) is 28.3 Å². The Morgan fingerprint density at radius 2 is 1.24 bits per heavy atom. The molecule has 0 saturated carbocycles. The van der Waals surface area contributed by atoms with Crippen LogP contribution in [0.25, 0.3) is 0 Å². The van der Waals surface area contributed by atoms with Gasteiger partial charge in [0.05, 0.1) is 26.4 Å². The van der Waals surface area contributed by atoms with Crippen molar-refractivity contribution in [3.8, 4) is 0 Å². The highest BCUT2D eigenvalue weighted by Gasteiger charge is 2.50. The Balaban J connectivity index is 1.69. The third kappa shape index (κ3) is 10.6. The van der Waals surface area contributed by atoms with E-state index in [-0.39, 0.29) is 17.6 Å². The van der Waals surface area contributed by atoms with E-state index < -0.39 is 14.4 Å². The van der Waals surface area contributed by atoms with Crippen LogP contribution in [-0.4, -0.2) is 52.4 Å². The largest absolute Gasteiger partial charge is 0.469 e. The van der Waals surface area contributed by atoms with Gasteiger partial charge in [-0.25, -0.2) is 0 Å². The zero-order valence-corrected chi connectivity index (χ0v) is 25.1. The van der Waals surface area contributed by atoms with Gasteiger partial charge < -0.3 is 19.0 Å². The van der Waals surface area contributed by atoms with E-state index in [2.05, 4.69) is 74.0 Å². The molecule has 0 fully saturated rings. The summed E-state index contributed by atoms with van der Waals surface area (Å²) in [5.41, 5.74) is 0. The standard InChI is InChI=1S/C32H50O5Si/c1-32(2,3)38(29-20-14-12-15-21-29,30-22-16-13-17-23-30)37-27-28(33)26-36-25-19-11-9-7-5-6-8-10-18-24-31(34)35-4/h12-17,20-23,28,33H,5-11,18-19,24-27H2,1-4H3/t28-/m1/s1. The van der Waals surface area contributed by atoms with Gasteiger partial charge in [-0.15, -0.1) is 0 Å². The number of unbranched alkanes of at least 4 members (excludes halogenated alkanes) is 8. The molecule has 0 aliphatic rings. The lowest BCUT2D eigenvalue weighted by atomic mass is 10.1. The second-order valence-corrected chi connectivity index (χ2v) is 15.5. The minimum absolute atomic E-state index is 0.105. The molecule has 0 aromatic heterocycles. The summed E-state index contributed by atoms with van der Waals surface area (Å²) >= 11 is 0. The van der Waals surface area contributed by atoms with Crippen LogP contribution in [0.3, 0.4) is 0 Å². The third-order valence-corrected chi connectivity index (χ3v) is 12.1. The number of esters is 1. The molecule has 1 atom stereocenters. The number of ether oxygens (including phenoxy) is 2. The molecule has 2 aromatic rings. The van der Waals surface area contributed by atoms with Gasteiger partial charge in [0.25, 0.3) is 8.32 Å². The fourth-order valence-corrected chi connectivity index (χ4v) is 9.66. The number of benzene rings is 2. The van der Waals surface area contributed by atoms with Gasteiger partial charge in [0.2, 0.25) is 0 Å². The van der Waals surface area contributed by atoms with Crippen LogP contribution < -0.4 is 10.4 Å². The predicted octanol–water partition coefficient (Wildman–Crippen LogP) is 6.01. The Bertz CT molecular complexity index is 842. The molecule has 212 valence electrons. The molecule has 0 aliphatic heterocycles. The molecule has 5 nitrogen and oxygen atoms in total. The Kier molecular flexibility index (Phi) is 14.9. The minimum atomic E-state index is -2.64. The highest BCUT2D eigenvalue weighted by atomic mass is 28.4. The normalized spacial score (nSPS) is 12.9. The Morgan fingerprint density at radius 3 is 1.71 bits per heavy atom. The van der Waals surface area contributed by atoms with Crippen LogP contribution in [-0.2, 0) is 18.7 Å². The zero-order chi connectivity index (χ0) is 27.7. The van der Waals surface area contributed by atoms with Crippen molar-refractivity contribution in [1.29, 1.82) is 0 Å². The van der Waals surface area contributed by atoms with Crippen molar-refractivity contribution in [2.75, 3.05) is 26.9 Å². The first-order valence-corrected chi connectivity index (χ1v) is 16.3. The first-order chi connectivity index (χ1) is 18.3. The summed E-state index contributed by atoms with van der Waals surface area (Å²) in [7, 11) is -1.19. The molecule has 1 N–H and O–H groups in total. The number of carbonyl (C=O) groups is 1. The summed E-state index contributed by atoms with van der Waals surface area (Å²) in [6.07, 6.45) is 10.2. The third-order valence-electron chi connectivity index (χ3n) is 7.12. The van der Waals surface area contributed by atoms with Gasteiger partial charge in [-0.3, -0.25) is 4.79 Å². The van der Waals surface area contributed by atoms with Crippen LogP contribution in [0.2, 0.25) is 5.04 Å². The molecule has 2 rings (SSSR count). The highest BCUT2D eigenvalue weighted by molar-refractivity contribution is 6.99. The van der Waals surface area contributed by atoms with Crippen molar-refractivity contribution in [2.24, 2.45) is 0 Å². The first kappa shape index (κ1) is 32.2. The van der Waals surface area contributed by atoms with Gasteiger partial charge >= 0.3 is 5.97 Å². The molecule has 0 amide bonds.